The van der Waals surface area contributed by atoms with E-state index in [9.17, 15) is 34.2 Å². The molecule has 9 heteroatoms. The molecule has 0 radical (unpaired) electrons. The van der Waals surface area contributed by atoms with Crippen molar-refractivity contribution in [2.45, 2.75) is 13.8 Å². The molecule has 0 aliphatic heterocycles. The van der Waals surface area contributed by atoms with E-state index in [1.165, 1.54) is 62.4 Å². The number of benzene rings is 4. The van der Waals surface area contributed by atoms with Crippen molar-refractivity contribution in [2.75, 3.05) is 6.61 Å². The minimum atomic E-state index is -1.21. The van der Waals surface area contributed by atoms with Gasteiger partial charge in [0.15, 0.2) is 28.8 Å². The maximum atomic E-state index is 14.2. The Bertz CT molecular complexity index is 1670. The summed E-state index contributed by atoms with van der Waals surface area (Å²) in [6.45, 7) is 2.53. The van der Waals surface area contributed by atoms with Gasteiger partial charge in [-0.1, -0.05) is 72.8 Å². The van der Waals surface area contributed by atoms with E-state index in [4.69, 9.17) is 9.47 Å². The van der Waals surface area contributed by atoms with Crippen LogP contribution in [0.4, 0.5) is 0 Å². The molecule has 0 fully saturated rings. The maximum Gasteiger partial charge on any atom is 0.343 e. The lowest BCUT2D eigenvalue weighted by atomic mass is 9.87. The lowest BCUT2D eigenvalue weighted by Gasteiger charge is -2.20. The number of aromatic hydroxyl groups is 2. The summed E-state index contributed by atoms with van der Waals surface area (Å²) in [5, 5.41) is 22.2. The van der Waals surface area contributed by atoms with Crippen LogP contribution in [0.1, 0.15) is 76.8 Å². The molecule has 2 N–H and O–H groups in total. The molecule has 0 aromatic heterocycles. The zero-order chi connectivity index (χ0) is 29.7. The van der Waals surface area contributed by atoms with Gasteiger partial charge in [-0.15, -0.1) is 0 Å². The van der Waals surface area contributed by atoms with Gasteiger partial charge in [-0.25, -0.2) is 9.59 Å². The van der Waals surface area contributed by atoms with Crippen LogP contribution in [0.5, 0.6) is 17.2 Å². The first-order chi connectivity index (χ1) is 19.7. The van der Waals surface area contributed by atoms with Gasteiger partial charge in [-0.3, -0.25) is 14.4 Å². The Balaban J connectivity index is 2.10. The highest BCUT2D eigenvalue weighted by Gasteiger charge is 2.38. The Kier molecular flexibility index (Phi) is 8.38. The van der Waals surface area contributed by atoms with Crippen LogP contribution in [0.3, 0.4) is 0 Å². The maximum absolute atomic E-state index is 14.2. The van der Waals surface area contributed by atoms with Gasteiger partial charge >= 0.3 is 11.9 Å². The second kappa shape index (κ2) is 12.1. The molecule has 0 heterocycles. The van der Waals surface area contributed by atoms with Crippen molar-refractivity contribution in [3.8, 4) is 17.2 Å². The number of phenolic OH excluding ortho intramolecular Hbond substituents is 2. The van der Waals surface area contributed by atoms with E-state index in [0.717, 1.165) is 0 Å². The zero-order valence-electron chi connectivity index (χ0n) is 22.0. The van der Waals surface area contributed by atoms with Crippen LogP contribution in [0.25, 0.3) is 0 Å². The first-order valence-electron chi connectivity index (χ1n) is 12.5. The number of carbonyl (C=O) groups excluding carboxylic acids is 5. The number of Topliss-reactive ketones (excluding diaryl/α,β-unsaturated/α-hetero) is 1. The average molecular weight is 553 g/mol. The molecule has 0 spiro atoms. The van der Waals surface area contributed by atoms with Crippen LogP contribution in [-0.2, 0) is 4.74 Å². The molecule has 0 amide bonds. The molecule has 0 saturated carbocycles. The molecule has 4 rings (SSSR count). The van der Waals surface area contributed by atoms with Crippen molar-refractivity contribution >= 4 is 29.3 Å². The van der Waals surface area contributed by atoms with Crippen molar-refractivity contribution in [1.29, 1.82) is 0 Å². The van der Waals surface area contributed by atoms with Crippen LogP contribution in [0.2, 0.25) is 0 Å². The molecule has 4 aromatic carbocycles. The Labute approximate surface area is 234 Å². The molecule has 206 valence electrons. The average Bonchev–Trinajstić information content (AvgIpc) is 2.99. The molecule has 41 heavy (non-hydrogen) atoms. The van der Waals surface area contributed by atoms with Crippen LogP contribution in [0.15, 0.2) is 84.9 Å². The fourth-order valence-electron chi connectivity index (χ4n) is 4.23. The summed E-state index contributed by atoms with van der Waals surface area (Å²) in [7, 11) is 0. The number of hydrogen-bond acceptors (Lipinski definition) is 9. The highest BCUT2D eigenvalue weighted by atomic mass is 16.5. The normalized spacial score (nSPS) is 10.5. The van der Waals surface area contributed by atoms with E-state index in [1.807, 2.05) is 0 Å². The number of ether oxygens (including phenoxy) is 2. The first kappa shape index (κ1) is 28.4. The summed E-state index contributed by atoms with van der Waals surface area (Å²) in [6, 6.07) is 20.8. The second-order valence-corrected chi connectivity index (χ2v) is 8.75. The topological polar surface area (TPSA) is 144 Å². The van der Waals surface area contributed by atoms with E-state index in [1.54, 1.807) is 36.4 Å². The number of esters is 2. The van der Waals surface area contributed by atoms with E-state index < -0.39 is 63.2 Å². The third-order valence-electron chi connectivity index (χ3n) is 6.13. The van der Waals surface area contributed by atoms with Crippen LogP contribution < -0.4 is 4.74 Å². The smallest absolute Gasteiger partial charge is 0.343 e. The highest BCUT2D eigenvalue weighted by molar-refractivity contribution is 6.25. The molecule has 0 aliphatic carbocycles. The van der Waals surface area contributed by atoms with Crippen LogP contribution in [-0.4, -0.2) is 46.1 Å². The second-order valence-electron chi connectivity index (χ2n) is 8.75. The van der Waals surface area contributed by atoms with Gasteiger partial charge in [0, 0.05) is 16.7 Å². The standard InChI is InChI=1S/C32H24O9/c1-3-40-32(39)23-24(26(34)19-12-6-4-7-13-19)28(36)29(37)30(41-31(38)20-14-8-5-9-15-20)25(23)27(35)22-17-11-10-16-21(22)18(2)33/h4-17,36-37H,3H2,1-2H3. The molecule has 0 unspecified atom stereocenters. The predicted octanol–water partition coefficient (Wildman–Crippen LogP) is 5.16. The Hall–Kier alpha value is -5.57. The van der Waals surface area contributed by atoms with Gasteiger partial charge < -0.3 is 19.7 Å². The number of hydrogen-bond donors (Lipinski definition) is 2. The molecule has 0 atom stereocenters. The third kappa shape index (κ3) is 5.60. The fraction of sp³-hybridized carbons (Fsp3) is 0.0938. The van der Waals surface area contributed by atoms with Crippen molar-refractivity contribution in [1.82, 2.24) is 0 Å². The monoisotopic (exact) mass is 552 g/mol. The minimum absolute atomic E-state index is 0.0179. The lowest BCUT2D eigenvalue weighted by molar-refractivity contribution is 0.0517. The molecular formula is C32H24O9. The van der Waals surface area contributed by atoms with Crippen LogP contribution in [0, 0.1) is 0 Å². The molecule has 0 aliphatic rings. The largest absolute Gasteiger partial charge is 0.504 e. The summed E-state index contributed by atoms with van der Waals surface area (Å²) in [6.07, 6.45) is 0. The van der Waals surface area contributed by atoms with Crippen molar-refractivity contribution in [2.24, 2.45) is 0 Å². The quantitative estimate of drug-likeness (QED) is 0.124. The van der Waals surface area contributed by atoms with E-state index in [0.29, 0.717) is 0 Å². The third-order valence-corrected chi connectivity index (χ3v) is 6.13. The van der Waals surface area contributed by atoms with E-state index >= 15 is 0 Å². The van der Waals surface area contributed by atoms with Gasteiger partial charge in [-0.2, -0.15) is 0 Å². The number of carbonyl (C=O) groups is 5. The van der Waals surface area contributed by atoms with E-state index in [-0.39, 0.29) is 28.9 Å². The first-order valence-corrected chi connectivity index (χ1v) is 12.5. The molecule has 0 bridgehead atoms. The zero-order valence-corrected chi connectivity index (χ0v) is 22.0. The number of phenols is 2. The molecule has 0 saturated heterocycles. The summed E-state index contributed by atoms with van der Waals surface area (Å²) < 4.78 is 10.6. The van der Waals surface area contributed by atoms with Crippen molar-refractivity contribution in [3.63, 3.8) is 0 Å². The van der Waals surface area contributed by atoms with Gasteiger partial charge in [0.05, 0.1) is 28.9 Å². The molecule has 9 nitrogen and oxygen atoms in total. The van der Waals surface area contributed by atoms with Crippen LogP contribution >= 0.6 is 0 Å². The van der Waals surface area contributed by atoms with Gasteiger partial charge in [0.2, 0.25) is 5.75 Å². The minimum Gasteiger partial charge on any atom is -0.504 e. The number of rotatable bonds is 9. The Morgan fingerprint density at radius 1 is 0.610 bits per heavy atom. The number of ketones is 3. The van der Waals surface area contributed by atoms with Gasteiger partial charge in [0.1, 0.15) is 0 Å². The Morgan fingerprint density at radius 2 is 1.15 bits per heavy atom. The van der Waals surface area contributed by atoms with Crippen molar-refractivity contribution in [3.05, 3.63) is 124 Å². The van der Waals surface area contributed by atoms with Crippen molar-refractivity contribution < 1.29 is 43.7 Å². The lowest BCUT2D eigenvalue weighted by Crippen LogP contribution is -2.22. The van der Waals surface area contributed by atoms with Gasteiger partial charge in [-0.05, 0) is 26.0 Å². The molecular weight excluding hydrogens is 528 g/mol. The van der Waals surface area contributed by atoms with Gasteiger partial charge in [0.25, 0.3) is 0 Å². The summed E-state index contributed by atoms with van der Waals surface area (Å²) >= 11 is 0. The SMILES string of the molecule is CCOC(=O)c1c(C(=O)c2ccccc2)c(O)c(O)c(OC(=O)c2ccccc2)c1C(=O)c1ccccc1C(C)=O. The summed E-state index contributed by atoms with van der Waals surface area (Å²) in [5.41, 5.74) is -2.41. The van der Waals surface area contributed by atoms with E-state index in [2.05, 4.69) is 0 Å². The fourth-order valence-corrected chi connectivity index (χ4v) is 4.23. The highest BCUT2D eigenvalue weighted by Crippen LogP contribution is 2.46. The predicted molar refractivity (Wildman–Crippen MR) is 147 cm³/mol. The summed E-state index contributed by atoms with van der Waals surface area (Å²) in [4.78, 5) is 66.6. The Morgan fingerprint density at radius 3 is 1.71 bits per heavy atom. The molecule has 4 aromatic rings. The summed E-state index contributed by atoms with van der Waals surface area (Å²) in [5.74, 6) is -7.80.